The van der Waals surface area contributed by atoms with Crippen LogP contribution in [0, 0.1) is 0 Å². The standard InChI is InChI=1S/C9H12O2.C2H6/c1-2-3-7-4-5-8(10)9(11)6-7;1-2/h4-6,10-11H,2-3H2,1H3;1-2H3. The number of benzene rings is 1. The summed E-state index contributed by atoms with van der Waals surface area (Å²) in [5.41, 5.74) is 1.06. The fourth-order valence-corrected chi connectivity index (χ4v) is 1.01. The Morgan fingerprint density at radius 1 is 1.08 bits per heavy atom. The van der Waals surface area contributed by atoms with Crippen LogP contribution in [0.5, 0.6) is 11.5 Å². The van der Waals surface area contributed by atoms with Gasteiger partial charge in [-0.15, -0.1) is 0 Å². The van der Waals surface area contributed by atoms with Crippen LogP contribution in [0.1, 0.15) is 32.8 Å². The number of rotatable bonds is 2. The zero-order chi connectivity index (χ0) is 10.3. The van der Waals surface area contributed by atoms with Crippen LogP contribution in [-0.2, 0) is 6.42 Å². The molecule has 0 spiro atoms. The maximum absolute atomic E-state index is 9.08. The molecule has 0 heterocycles. The average molecular weight is 182 g/mol. The van der Waals surface area contributed by atoms with E-state index in [0.29, 0.717) is 0 Å². The minimum Gasteiger partial charge on any atom is -0.504 e. The molecule has 0 saturated carbocycles. The van der Waals surface area contributed by atoms with E-state index in [1.807, 2.05) is 19.9 Å². The van der Waals surface area contributed by atoms with Crippen LogP contribution >= 0.6 is 0 Å². The highest BCUT2D eigenvalue weighted by Gasteiger charge is 1.98. The maximum Gasteiger partial charge on any atom is 0.157 e. The molecule has 0 aliphatic rings. The summed E-state index contributed by atoms with van der Waals surface area (Å²) in [6, 6.07) is 4.93. The highest BCUT2D eigenvalue weighted by Crippen LogP contribution is 2.25. The first-order valence-electron chi connectivity index (χ1n) is 4.75. The summed E-state index contributed by atoms with van der Waals surface area (Å²) in [7, 11) is 0. The van der Waals surface area contributed by atoms with Crippen molar-refractivity contribution in [1.29, 1.82) is 0 Å². The molecule has 1 aromatic carbocycles. The highest BCUT2D eigenvalue weighted by atomic mass is 16.3. The van der Waals surface area contributed by atoms with E-state index >= 15 is 0 Å². The predicted octanol–water partition coefficient (Wildman–Crippen LogP) is 3.08. The van der Waals surface area contributed by atoms with Crippen LogP contribution in [0.4, 0.5) is 0 Å². The first-order valence-corrected chi connectivity index (χ1v) is 4.75. The number of aromatic hydroxyl groups is 2. The summed E-state index contributed by atoms with van der Waals surface area (Å²) in [6.45, 7) is 6.07. The van der Waals surface area contributed by atoms with E-state index in [0.717, 1.165) is 18.4 Å². The number of aryl methyl sites for hydroxylation is 1. The smallest absolute Gasteiger partial charge is 0.157 e. The lowest BCUT2D eigenvalue weighted by atomic mass is 10.1. The van der Waals surface area contributed by atoms with Gasteiger partial charge < -0.3 is 10.2 Å². The van der Waals surface area contributed by atoms with Crippen LogP contribution in [0.25, 0.3) is 0 Å². The van der Waals surface area contributed by atoms with E-state index in [9.17, 15) is 0 Å². The minimum atomic E-state index is -0.0511. The first-order chi connectivity index (χ1) is 6.24. The molecule has 1 aromatic rings. The van der Waals surface area contributed by atoms with E-state index in [-0.39, 0.29) is 11.5 Å². The molecule has 2 nitrogen and oxygen atoms in total. The maximum atomic E-state index is 9.08. The van der Waals surface area contributed by atoms with Gasteiger partial charge in [0.15, 0.2) is 11.5 Å². The monoisotopic (exact) mass is 182 g/mol. The third-order valence-corrected chi connectivity index (χ3v) is 1.58. The van der Waals surface area contributed by atoms with Gasteiger partial charge in [-0.3, -0.25) is 0 Å². The summed E-state index contributed by atoms with van der Waals surface area (Å²) in [5, 5.41) is 18.0. The molecule has 13 heavy (non-hydrogen) atoms. The molecule has 0 amide bonds. The zero-order valence-electron chi connectivity index (χ0n) is 8.54. The van der Waals surface area contributed by atoms with Crippen LogP contribution < -0.4 is 0 Å². The van der Waals surface area contributed by atoms with Crippen molar-refractivity contribution in [3.8, 4) is 11.5 Å². The fraction of sp³-hybridized carbons (Fsp3) is 0.455. The van der Waals surface area contributed by atoms with Gasteiger partial charge in [-0.1, -0.05) is 33.3 Å². The Bertz CT molecular complexity index is 244. The second-order valence-electron chi connectivity index (χ2n) is 2.57. The van der Waals surface area contributed by atoms with Gasteiger partial charge in [0.25, 0.3) is 0 Å². The van der Waals surface area contributed by atoms with Crippen molar-refractivity contribution < 1.29 is 10.2 Å². The van der Waals surface area contributed by atoms with E-state index in [4.69, 9.17) is 10.2 Å². The lowest BCUT2D eigenvalue weighted by molar-refractivity contribution is 0.403. The summed E-state index contributed by atoms with van der Waals surface area (Å²) in [4.78, 5) is 0. The van der Waals surface area contributed by atoms with Crippen molar-refractivity contribution in [2.75, 3.05) is 0 Å². The van der Waals surface area contributed by atoms with E-state index in [1.54, 1.807) is 6.07 Å². The minimum absolute atomic E-state index is 0.0315. The summed E-state index contributed by atoms with van der Waals surface area (Å²) < 4.78 is 0. The van der Waals surface area contributed by atoms with Crippen molar-refractivity contribution in [1.82, 2.24) is 0 Å². The molecule has 74 valence electrons. The SMILES string of the molecule is CC.CCCc1ccc(O)c(O)c1. The molecule has 0 aromatic heterocycles. The Hall–Kier alpha value is -1.18. The molecule has 0 bridgehead atoms. The van der Waals surface area contributed by atoms with Crippen molar-refractivity contribution in [3.05, 3.63) is 23.8 Å². The molecule has 0 unspecified atom stereocenters. The molecule has 0 atom stereocenters. The van der Waals surface area contributed by atoms with Gasteiger partial charge in [-0.25, -0.2) is 0 Å². The predicted molar refractivity (Wildman–Crippen MR) is 55.1 cm³/mol. The highest BCUT2D eigenvalue weighted by molar-refractivity contribution is 5.40. The summed E-state index contributed by atoms with van der Waals surface area (Å²) in [5.74, 6) is -0.0826. The van der Waals surface area contributed by atoms with E-state index in [1.165, 1.54) is 6.07 Å². The molecule has 0 saturated heterocycles. The molecule has 0 aliphatic carbocycles. The Balaban J connectivity index is 0.000000671. The second kappa shape index (κ2) is 6.35. The van der Waals surface area contributed by atoms with Crippen molar-refractivity contribution >= 4 is 0 Å². The van der Waals surface area contributed by atoms with Crippen LogP contribution in [0.3, 0.4) is 0 Å². The normalized spacial score (nSPS) is 8.85. The van der Waals surface area contributed by atoms with Gasteiger partial charge in [-0.05, 0) is 24.1 Å². The van der Waals surface area contributed by atoms with Crippen LogP contribution in [0.2, 0.25) is 0 Å². The molecular weight excluding hydrogens is 164 g/mol. The Morgan fingerprint density at radius 2 is 1.69 bits per heavy atom. The number of phenolic OH excluding ortho intramolecular Hbond substituents is 2. The second-order valence-corrected chi connectivity index (χ2v) is 2.57. The van der Waals surface area contributed by atoms with E-state index in [2.05, 4.69) is 6.92 Å². The number of hydrogen-bond acceptors (Lipinski definition) is 2. The van der Waals surface area contributed by atoms with Crippen LogP contribution in [-0.4, -0.2) is 10.2 Å². The summed E-state index contributed by atoms with van der Waals surface area (Å²) >= 11 is 0. The molecular formula is C11H18O2. The van der Waals surface area contributed by atoms with Crippen molar-refractivity contribution in [2.24, 2.45) is 0 Å². The van der Waals surface area contributed by atoms with Gasteiger partial charge in [0.2, 0.25) is 0 Å². The van der Waals surface area contributed by atoms with Gasteiger partial charge in [0, 0.05) is 0 Å². The van der Waals surface area contributed by atoms with E-state index < -0.39 is 0 Å². The summed E-state index contributed by atoms with van der Waals surface area (Å²) in [6.07, 6.45) is 1.98. The Kier molecular flexibility index (Phi) is 5.77. The van der Waals surface area contributed by atoms with Crippen molar-refractivity contribution in [2.45, 2.75) is 33.6 Å². The molecule has 0 fully saturated rings. The molecule has 1 rings (SSSR count). The van der Waals surface area contributed by atoms with Gasteiger partial charge >= 0.3 is 0 Å². The Morgan fingerprint density at radius 3 is 2.15 bits per heavy atom. The lowest BCUT2D eigenvalue weighted by Gasteiger charge is -2.00. The zero-order valence-corrected chi connectivity index (χ0v) is 8.54. The number of phenols is 2. The van der Waals surface area contributed by atoms with Crippen LogP contribution in [0.15, 0.2) is 18.2 Å². The lowest BCUT2D eigenvalue weighted by Crippen LogP contribution is -1.81. The van der Waals surface area contributed by atoms with Crippen molar-refractivity contribution in [3.63, 3.8) is 0 Å². The molecule has 2 N–H and O–H groups in total. The van der Waals surface area contributed by atoms with Gasteiger partial charge in [0.1, 0.15) is 0 Å². The average Bonchev–Trinajstić information content (AvgIpc) is 2.15. The van der Waals surface area contributed by atoms with Gasteiger partial charge in [0.05, 0.1) is 0 Å². The topological polar surface area (TPSA) is 40.5 Å². The Labute approximate surface area is 79.9 Å². The van der Waals surface area contributed by atoms with Gasteiger partial charge in [-0.2, -0.15) is 0 Å². The largest absolute Gasteiger partial charge is 0.504 e. The molecule has 2 heteroatoms. The first kappa shape index (κ1) is 11.8. The third kappa shape index (κ3) is 3.83. The fourth-order valence-electron chi connectivity index (χ4n) is 1.01. The number of hydrogen-bond donors (Lipinski definition) is 2. The molecule has 0 aliphatic heterocycles. The quantitative estimate of drug-likeness (QED) is 0.690. The molecule has 0 radical (unpaired) electrons. The third-order valence-electron chi connectivity index (χ3n) is 1.58.